The highest BCUT2D eigenvalue weighted by molar-refractivity contribution is 5.95. The van der Waals surface area contributed by atoms with Gasteiger partial charge < -0.3 is 24.4 Å². The zero-order valence-corrected chi connectivity index (χ0v) is 16.8. The summed E-state index contributed by atoms with van der Waals surface area (Å²) in [5, 5.41) is 5.87. The molecule has 0 spiro atoms. The Morgan fingerprint density at radius 3 is 2.63 bits per heavy atom. The van der Waals surface area contributed by atoms with Gasteiger partial charge >= 0.3 is 6.03 Å². The molecule has 0 radical (unpaired) electrons. The molecule has 2 N–H and O–H groups in total. The van der Waals surface area contributed by atoms with Crippen molar-refractivity contribution in [1.29, 1.82) is 0 Å². The summed E-state index contributed by atoms with van der Waals surface area (Å²) in [6, 6.07) is 11.2. The van der Waals surface area contributed by atoms with Gasteiger partial charge in [-0.15, -0.1) is 0 Å². The Balaban J connectivity index is 1.23. The van der Waals surface area contributed by atoms with Crippen molar-refractivity contribution in [3.8, 4) is 11.3 Å². The lowest BCUT2D eigenvalue weighted by molar-refractivity contribution is 0.0916. The van der Waals surface area contributed by atoms with Crippen LogP contribution in [0, 0.1) is 6.92 Å². The van der Waals surface area contributed by atoms with Crippen LogP contribution in [0.1, 0.15) is 34.9 Å². The molecule has 1 aliphatic rings. The number of nitrogens with zero attached hydrogens (tertiary/aromatic N) is 2. The van der Waals surface area contributed by atoms with Crippen LogP contribution in [-0.2, 0) is 6.54 Å². The van der Waals surface area contributed by atoms with Crippen molar-refractivity contribution in [2.45, 2.75) is 32.4 Å². The average Bonchev–Trinajstić information content (AvgIpc) is 3.42. The van der Waals surface area contributed by atoms with Gasteiger partial charge in [-0.1, -0.05) is 30.3 Å². The summed E-state index contributed by atoms with van der Waals surface area (Å²) in [6.45, 7) is 3.13. The number of aromatic nitrogens is 1. The first-order valence-electron chi connectivity index (χ1n) is 9.98. The first-order valence-corrected chi connectivity index (χ1v) is 9.98. The topological polar surface area (TPSA) is 101 Å². The van der Waals surface area contributed by atoms with Gasteiger partial charge in [0.15, 0.2) is 5.76 Å². The molecule has 156 valence electrons. The van der Waals surface area contributed by atoms with E-state index in [1.807, 2.05) is 30.3 Å². The molecule has 0 saturated carbocycles. The standard InChI is InChI=1S/C22H24N4O4/c1-15-18(9-12-29-15)21(27)25-17-7-10-26(11-8-17)22(28)24-14-20-23-13-19(30-20)16-5-3-2-4-6-16/h2-6,9,12-13,17H,7-8,10-11,14H2,1H3,(H,24,28)(H,25,27). The molecule has 30 heavy (non-hydrogen) atoms. The number of aryl methyl sites for hydroxylation is 1. The van der Waals surface area contributed by atoms with Crippen molar-refractivity contribution in [3.05, 3.63) is 66.1 Å². The normalized spacial score (nSPS) is 14.5. The van der Waals surface area contributed by atoms with Gasteiger partial charge in [0.1, 0.15) is 5.76 Å². The van der Waals surface area contributed by atoms with E-state index in [9.17, 15) is 9.59 Å². The first kappa shape index (κ1) is 19.8. The molecular weight excluding hydrogens is 384 g/mol. The fourth-order valence-electron chi connectivity index (χ4n) is 3.50. The van der Waals surface area contributed by atoms with E-state index in [-0.39, 0.29) is 24.5 Å². The van der Waals surface area contributed by atoms with Crippen LogP contribution in [0.3, 0.4) is 0 Å². The number of furan rings is 1. The van der Waals surface area contributed by atoms with Crippen molar-refractivity contribution in [3.63, 3.8) is 0 Å². The molecule has 1 aliphatic heterocycles. The summed E-state index contributed by atoms with van der Waals surface area (Å²) in [4.78, 5) is 30.7. The molecule has 0 atom stereocenters. The maximum atomic E-state index is 12.5. The van der Waals surface area contributed by atoms with Crippen LogP contribution in [0.4, 0.5) is 4.79 Å². The summed E-state index contributed by atoms with van der Waals surface area (Å²) in [5.74, 6) is 1.60. The van der Waals surface area contributed by atoms with Gasteiger partial charge in [0.25, 0.3) is 5.91 Å². The largest absolute Gasteiger partial charge is 0.469 e. The Hall–Kier alpha value is -3.55. The number of rotatable bonds is 5. The van der Waals surface area contributed by atoms with Crippen LogP contribution in [0.5, 0.6) is 0 Å². The zero-order valence-electron chi connectivity index (χ0n) is 16.8. The van der Waals surface area contributed by atoms with Gasteiger partial charge in [0.05, 0.1) is 24.6 Å². The molecule has 8 heteroatoms. The third-order valence-electron chi connectivity index (χ3n) is 5.22. The molecule has 0 bridgehead atoms. The van der Waals surface area contributed by atoms with Gasteiger partial charge in [-0.3, -0.25) is 4.79 Å². The lowest BCUT2D eigenvalue weighted by atomic mass is 10.0. The quantitative estimate of drug-likeness (QED) is 0.674. The SMILES string of the molecule is Cc1occc1C(=O)NC1CCN(C(=O)NCc2ncc(-c3ccccc3)o2)CC1. The number of piperidine rings is 1. The van der Waals surface area contributed by atoms with Crippen LogP contribution in [-0.4, -0.2) is 41.0 Å². The summed E-state index contributed by atoms with van der Waals surface area (Å²) in [7, 11) is 0. The third kappa shape index (κ3) is 4.53. The molecule has 1 saturated heterocycles. The summed E-state index contributed by atoms with van der Waals surface area (Å²) in [5.41, 5.74) is 1.49. The second-order valence-corrected chi connectivity index (χ2v) is 7.27. The van der Waals surface area contributed by atoms with E-state index in [0.717, 1.165) is 5.56 Å². The minimum atomic E-state index is -0.162. The number of urea groups is 1. The minimum absolute atomic E-state index is 0.0380. The van der Waals surface area contributed by atoms with E-state index in [4.69, 9.17) is 8.83 Å². The molecule has 1 aromatic carbocycles. The van der Waals surface area contributed by atoms with Crippen LogP contribution in [0.15, 0.2) is 57.7 Å². The van der Waals surface area contributed by atoms with E-state index in [0.29, 0.717) is 48.9 Å². The van der Waals surface area contributed by atoms with Crippen LogP contribution >= 0.6 is 0 Å². The highest BCUT2D eigenvalue weighted by atomic mass is 16.4. The number of hydrogen-bond acceptors (Lipinski definition) is 5. The smallest absolute Gasteiger partial charge is 0.317 e. The Morgan fingerprint density at radius 1 is 1.17 bits per heavy atom. The molecule has 1 fully saturated rings. The van der Waals surface area contributed by atoms with Crippen molar-refractivity contribution in [2.24, 2.45) is 0 Å². The predicted octanol–water partition coefficient (Wildman–Crippen LogP) is 3.35. The average molecular weight is 408 g/mol. The molecule has 3 amide bonds. The third-order valence-corrected chi connectivity index (χ3v) is 5.22. The van der Waals surface area contributed by atoms with Gasteiger partial charge in [-0.2, -0.15) is 0 Å². The molecule has 4 rings (SSSR count). The number of carbonyl (C=O) groups excluding carboxylic acids is 2. The minimum Gasteiger partial charge on any atom is -0.469 e. The number of amides is 3. The number of likely N-dealkylation sites (tertiary alicyclic amines) is 1. The predicted molar refractivity (Wildman–Crippen MR) is 110 cm³/mol. The van der Waals surface area contributed by atoms with E-state index in [1.165, 1.54) is 6.26 Å². The Labute approximate surface area is 174 Å². The molecule has 2 aromatic heterocycles. The van der Waals surface area contributed by atoms with E-state index >= 15 is 0 Å². The van der Waals surface area contributed by atoms with Crippen LogP contribution in [0.25, 0.3) is 11.3 Å². The highest BCUT2D eigenvalue weighted by Crippen LogP contribution is 2.20. The van der Waals surface area contributed by atoms with Crippen LogP contribution in [0.2, 0.25) is 0 Å². The molecule has 0 unspecified atom stereocenters. The van der Waals surface area contributed by atoms with Crippen LogP contribution < -0.4 is 10.6 Å². The fraction of sp³-hybridized carbons (Fsp3) is 0.318. The highest BCUT2D eigenvalue weighted by Gasteiger charge is 2.25. The lowest BCUT2D eigenvalue weighted by Crippen LogP contribution is -2.49. The summed E-state index contributed by atoms with van der Waals surface area (Å²) in [6.07, 6.45) is 4.57. The molecule has 3 heterocycles. The van der Waals surface area contributed by atoms with E-state index in [2.05, 4.69) is 15.6 Å². The second-order valence-electron chi connectivity index (χ2n) is 7.27. The van der Waals surface area contributed by atoms with Crippen molar-refractivity contribution >= 4 is 11.9 Å². The number of hydrogen-bond donors (Lipinski definition) is 2. The Bertz CT molecular complexity index is 1000. The molecular formula is C22H24N4O4. The fourth-order valence-corrected chi connectivity index (χ4v) is 3.50. The number of oxazole rings is 1. The number of nitrogens with one attached hydrogen (secondary N) is 2. The maximum absolute atomic E-state index is 12.5. The number of benzene rings is 1. The van der Waals surface area contributed by atoms with Crippen molar-refractivity contribution < 1.29 is 18.4 Å². The summed E-state index contributed by atoms with van der Waals surface area (Å²) >= 11 is 0. The Morgan fingerprint density at radius 2 is 1.93 bits per heavy atom. The molecule has 0 aliphatic carbocycles. The number of carbonyl (C=O) groups is 2. The zero-order chi connectivity index (χ0) is 20.9. The van der Waals surface area contributed by atoms with Gasteiger partial charge in [-0.05, 0) is 25.8 Å². The van der Waals surface area contributed by atoms with E-state index < -0.39 is 0 Å². The monoisotopic (exact) mass is 408 g/mol. The van der Waals surface area contributed by atoms with Gasteiger partial charge in [-0.25, -0.2) is 9.78 Å². The van der Waals surface area contributed by atoms with Crippen molar-refractivity contribution in [2.75, 3.05) is 13.1 Å². The second kappa shape index (κ2) is 8.86. The van der Waals surface area contributed by atoms with Crippen molar-refractivity contribution in [1.82, 2.24) is 20.5 Å². The van der Waals surface area contributed by atoms with Gasteiger partial charge in [0, 0.05) is 24.7 Å². The summed E-state index contributed by atoms with van der Waals surface area (Å²) < 4.78 is 10.9. The van der Waals surface area contributed by atoms with Gasteiger partial charge in [0.2, 0.25) is 5.89 Å². The van der Waals surface area contributed by atoms with E-state index in [1.54, 1.807) is 24.1 Å². The first-order chi connectivity index (χ1) is 14.6. The molecule has 3 aromatic rings. The maximum Gasteiger partial charge on any atom is 0.317 e. The molecule has 8 nitrogen and oxygen atoms in total. The lowest BCUT2D eigenvalue weighted by Gasteiger charge is -2.32. The Kier molecular flexibility index (Phi) is 5.83.